The Labute approximate surface area is 127 Å². The highest BCUT2D eigenvalue weighted by molar-refractivity contribution is 9.10. The lowest BCUT2D eigenvalue weighted by Crippen LogP contribution is -2.55. The highest BCUT2D eigenvalue weighted by atomic mass is 79.9. The molecule has 1 aromatic carbocycles. The summed E-state index contributed by atoms with van der Waals surface area (Å²) in [6, 6.07) is 5.02. The molecule has 0 radical (unpaired) electrons. The van der Waals surface area contributed by atoms with Gasteiger partial charge in [0, 0.05) is 30.7 Å². The number of amides is 1. The molecule has 1 aliphatic heterocycles. The van der Waals surface area contributed by atoms with E-state index in [1.807, 2.05) is 13.8 Å². The number of nitrogens with one attached hydrogen (secondary N) is 1. The summed E-state index contributed by atoms with van der Waals surface area (Å²) in [5.74, 6) is -0.515. The molecule has 6 heteroatoms. The van der Waals surface area contributed by atoms with E-state index in [1.165, 1.54) is 6.07 Å². The zero-order valence-electron chi connectivity index (χ0n) is 10.8. The summed E-state index contributed by atoms with van der Waals surface area (Å²) in [6.07, 6.45) is 0. The molecule has 0 bridgehead atoms. The van der Waals surface area contributed by atoms with Crippen molar-refractivity contribution in [3.8, 4) is 0 Å². The first-order chi connectivity index (χ1) is 8.47. The lowest BCUT2D eigenvalue weighted by molar-refractivity contribution is 0.0673. The first-order valence-corrected chi connectivity index (χ1v) is 6.77. The van der Waals surface area contributed by atoms with Crippen molar-refractivity contribution in [2.45, 2.75) is 25.9 Å². The van der Waals surface area contributed by atoms with E-state index in [2.05, 4.69) is 21.2 Å². The summed E-state index contributed by atoms with van der Waals surface area (Å²) < 4.78 is 13.8. The third kappa shape index (κ3) is 3.91. The summed E-state index contributed by atoms with van der Waals surface area (Å²) in [5, 5.41) is 3.36. The second-order valence-electron chi connectivity index (χ2n) is 4.81. The molecule has 0 saturated carbocycles. The maximum absolute atomic E-state index is 13.4. The number of hydrogen-bond acceptors (Lipinski definition) is 2. The van der Waals surface area contributed by atoms with Gasteiger partial charge in [0.05, 0.1) is 4.47 Å². The number of benzene rings is 1. The third-order valence-corrected chi connectivity index (χ3v) is 3.65. The number of carbonyl (C=O) groups excluding carboxylic acids is 1. The van der Waals surface area contributed by atoms with Gasteiger partial charge in [0.1, 0.15) is 5.82 Å². The molecule has 1 aromatic rings. The Balaban J connectivity index is 0.00000180. The largest absolute Gasteiger partial charge is 0.336 e. The van der Waals surface area contributed by atoms with Gasteiger partial charge in [-0.1, -0.05) is 0 Å². The Hall–Kier alpha value is -0.650. The lowest BCUT2D eigenvalue weighted by Gasteiger charge is -2.36. The van der Waals surface area contributed by atoms with Crippen molar-refractivity contribution in [3.63, 3.8) is 0 Å². The van der Waals surface area contributed by atoms with E-state index in [9.17, 15) is 9.18 Å². The first kappa shape index (κ1) is 16.4. The van der Waals surface area contributed by atoms with Gasteiger partial charge in [-0.05, 0) is 48.0 Å². The smallest absolute Gasteiger partial charge is 0.254 e. The van der Waals surface area contributed by atoms with Crippen LogP contribution in [-0.2, 0) is 0 Å². The fourth-order valence-electron chi connectivity index (χ4n) is 2.30. The van der Waals surface area contributed by atoms with Crippen LogP contribution in [0.4, 0.5) is 4.39 Å². The van der Waals surface area contributed by atoms with Crippen molar-refractivity contribution in [1.29, 1.82) is 0 Å². The van der Waals surface area contributed by atoms with Crippen LogP contribution < -0.4 is 5.32 Å². The molecule has 1 heterocycles. The van der Waals surface area contributed by atoms with Crippen LogP contribution in [0.1, 0.15) is 24.2 Å². The third-order valence-electron chi connectivity index (χ3n) is 3.01. The Kier molecular flexibility index (Phi) is 5.77. The molecule has 2 atom stereocenters. The van der Waals surface area contributed by atoms with Gasteiger partial charge < -0.3 is 10.2 Å². The van der Waals surface area contributed by atoms with Crippen molar-refractivity contribution in [2.75, 3.05) is 13.1 Å². The number of hydrogen-bond donors (Lipinski definition) is 1. The average Bonchev–Trinajstić information content (AvgIpc) is 2.30. The molecule has 2 unspecified atom stereocenters. The van der Waals surface area contributed by atoms with Crippen LogP contribution in [0, 0.1) is 5.82 Å². The van der Waals surface area contributed by atoms with Crippen molar-refractivity contribution in [3.05, 3.63) is 34.1 Å². The van der Waals surface area contributed by atoms with Crippen LogP contribution in [0.3, 0.4) is 0 Å². The monoisotopic (exact) mass is 350 g/mol. The summed E-state index contributed by atoms with van der Waals surface area (Å²) in [6.45, 7) is 5.39. The zero-order valence-corrected chi connectivity index (χ0v) is 13.2. The molecule has 3 nitrogen and oxygen atoms in total. The van der Waals surface area contributed by atoms with E-state index >= 15 is 0 Å². The van der Waals surface area contributed by atoms with Crippen LogP contribution in [-0.4, -0.2) is 36.0 Å². The fourth-order valence-corrected chi connectivity index (χ4v) is 2.55. The minimum absolute atomic E-state index is 0. The minimum atomic E-state index is -0.405. The molecule has 19 heavy (non-hydrogen) atoms. The molecule has 1 amide bonds. The average molecular weight is 352 g/mol. The van der Waals surface area contributed by atoms with Crippen molar-refractivity contribution >= 4 is 34.2 Å². The SMILES string of the molecule is CC1CN(C(=O)c2ccc(Br)c(F)c2)CC(C)N1.Cl. The predicted octanol–water partition coefficient (Wildman–Crippen LogP) is 2.83. The highest BCUT2D eigenvalue weighted by Gasteiger charge is 2.25. The van der Waals surface area contributed by atoms with Gasteiger partial charge in [0.2, 0.25) is 0 Å². The van der Waals surface area contributed by atoms with Gasteiger partial charge in [-0.25, -0.2) is 4.39 Å². The highest BCUT2D eigenvalue weighted by Crippen LogP contribution is 2.18. The maximum atomic E-state index is 13.4. The second kappa shape index (κ2) is 6.68. The van der Waals surface area contributed by atoms with Gasteiger partial charge in [0.25, 0.3) is 5.91 Å². The zero-order chi connectivity index (χ0) is 13.3. The number of halogens is 3. The van der Waals surface area contributed by atoms with E-state index in [1.54, 1.807) is 17.0 Å². The molecular formula is C13H17BrClFN2O. The summed E-state index contributed by atoms with van der Waals surface area (Å²) in [5.41, 5.74) is 0.400. The predicted molar refractivity (Wildman–Crippen MR) is 79.3 cm³/mol. The molecule has 0 aliphatic carbocycles. The summed E-state index contributed by atoms with van der Waals surface area (Å²) in [7, 11) is 0. The maximum Gasteiger partial charge on any atom is 0.254 e. The van der Waals surface area contributed by atoms with Crippen LogP contribution in [0.2, 0.25) is 0 Å². The Bertz CT molecular complexity index is 462. The quantitative estimate of drug-likeness (QED) is 0.844. The first-order valence-electron chi connectivity index (χ1n) is 5.97. The van der Waals surface area contributed by atoms with Crippen molar-refractivity contribution in [2.24, 2.45) is 0 Å². The van der Waals surface area contributed by atoms with E-state index in [0.29, 0.717) is 23.1 Å². The summed E-state index contributed by atoms with van der Waals surface area (Å²) in [4.78, 5) is 14.0. The molecular weight excluding hydrogens is 335 g/mol. The molecule has 1 aliphatic rings. The topological polar surface area (TPSA) is 32.3 Å². The number of nitrogens with zero attached hydrogens (tertiary/aromatic N) is 1. The molecule has 106 valence electrons. The minimum Gasteiger partial charge on any atom is -0.336 e. The lowest BCUT2D eigenvalue weighted by atomic mass is 10.1. The summed E-state index contributed by atoms with van der Waals surface area (Å²) >= 11 is 3.08. The Morgan fingerprint density at radius 2 is 1.95 bits per heavy atom. The van der Waals surface area contributed by atoms with Crippen molar-refractivity contribution in [1.82, 2.24) is 10.2 Å². The van der Waals surface area contributed by atoms with Gasteiger partial charge in [-0.15, -0.1) is 12.4 Å². The molecule has 2 rings (SSSR count). The van der Waals surface area contributed by atoms with Gasteiger partial charge in [-0.2, -0.15) is 0 Å². The molecule has 0 aromatic heterocycles. The normalized spacial score (nSPS) is 22.8. The van der Waals surface area contributed by atoms with Crippen LogP contribution in [0.15, 0.2) is 22.7 Å². The number of piperazine rings is 1. The van der Waals surface area contributed by atoms with Crippen LogP contribution >= 0.6 is 28.3 Å². The standard InChI is InChI=1S/C13H16BrFN2O.ClH/c1-8-6-17(7-9(2)16-8)13(18)10-3-4-11(14)12(15)5-10;/h3-5,8-9,16H,6-7H2,1-2H3;1H. The number of rotatable bonds is 1. The Morgan fingerprint density at radius 1 is 1.37 bits per heavy atom. The Morgan fingerprint density at radius 3 is 2.47 bits per heavy atom. The molecule has 0 spiro atoms. The fraction of sp³-hybridized carbons (Fsp3) is 0.462. The van der Waals surface area contributed by atoms with E-state index < -0.39 is 5.82 Å². The van der Waals surface area contributed by atoms with Gasteiger partial charge in [-0.3, -0.25) is 4.79 Å². The van der Waals surface area contributed by atoms with Crippen molar-refractivity contribution < 1.29 is 9.18 Å². The van der Waals surface area contributed by atoms with Gasteiger partial charge >= 0.3 is 0 Å². The molecule has 1 saturated heterocycles. The van der Waals surface area contributed by atoms with E-state index in [-0.39, 0.29) is 30.4 Å². The van der Waals surface area contributed by atoms with Gasteiger partial charge in [0.15, 0.2) is 0 Å². The van der Waals surface area contributed by atoms with E-state index in [0.717, 1.165) is 0 Å². The van der Waals surface area contributed by atoms with Crippen LogP contribution in [0.25, 0.3) is 0 Å². The molecule has 1 fully saturated rings. The second-order valence-corrected chi connectivity index (χ2v) is 5.66. The van der Waals surface area contributed by atoms with E-state index in [4.69, 9.17) is 0 Å². The molecule has 1 N–H and O–H groups in total. The number of carbonyl (C=O) groups is 1. The van der Waals surface area contributed by atoms with Crippen LogP contribution in [0.5, 0.6) is 0 Å².